The van der Waals surface area contributed by atoms with Crippen LogP contribution in [0, 0.1) is 20.8 Å². The van der Waals surface area contributed by atoms with Crippen molar-refractivity contribution >= 4 is 17.8 Å². The van der Waals surface area contributed by atoms with Crippen molar-refractivity contribution < 1.29 is 19.1 Å². The van der Waals surface area contributed by atoms with E-state index in [1.54, 1.807) is 20.2 Å². The fourth-order valence-electron chi connectivity index (χ4n) is 2.73. The molecule has 2 rings (SSSR count). The zero-order chi connectivity index (χ0) is 20.1. The van der Waals surface area contributed by atoms with Gasteiger partial charge in [0.05, 0.1) is 12.1 Å². The van der Waals surface area contributed by atoms with Crippen LogP contribution in [0.4, 0.5) is 0 Å². The van der Waals surface area contributed by atoms with Gasteiger partial charge in [-0.25, -0.2) is 4.79 Å². The molecular formula is C20H25N3O4. The van der Waals surface area contributed by atoms with Crippen molar-refractivity contribution in [3.05, 3.63) is 52.8 Å². The standard InChI is InChI=1S/C20H25N3O4/c1-13-7-6-8-16(9-13)23-14(2)10-17(15(23)3)20(26)27-12-18(24)21-11-19(25)22(4)5/h6-10H,11-12H2,1-5H3,(H,21,24). The van der Waals surface area contributed by atoms with Crippen molar-refractivity contribution in [2.75, 3.05) is 27.2 Å². The first-order valence-corrected chi connectivity index (χ1v) is 8.60. The highest BCUT2D eigenvalue weighted by atomic mass is 16.5. The van der Waals surface area contributed by atoms with Crippen LogP contribution in [0.15, 0.2) is 30.3 Å². The lowest BCUT2D eigenvalue weighted by Crippen LogP contribution is -2.38. The van der Waals surface area contributed by atoms with Crippen molar-refractivity contribution in [2.24, 2.45) is 0 Å². The van der Waals surface area contributed by atoms with Gasteiger partial charge in [-0.05, 0) is 44.5 Å². The minimum Gasteiger partial charge on any atom is -0.452 e. The number of hydrogen-bond donors (Lipinski definition) is 1. The lowest BCUT2D eigenvalue weighted by Gasteiger charge is -2.11. The lowest BCUT2D eigenvalue weighted by molar-refractivity contribution is -0.131. The van der Waals surface area contributed by atoms with Crippen LogP contribution in [-0.2, 0) is 14.3 Å². The molecule has 0 aliphatic carbocycles. The second-order valence-electron chi connectivity index (χ2n) is 6.60. The molecule has 7 heteroatoms. The molecule has 0 aliphatic heterocycles. The third-order valence-corrected chi connectivity index (χ3v) is 4.18. The van der Waals surface area contributed by atoms with E-state index in [-0.39, 0.29) is 12.5 Å². The van der Waals surface area contributed by atoms with Gasteiger partial charge in [-0.15, -0.1) is 0 Å². The minimum atomic E-state index is -0.573. The molecule has 0 saturated heterocycles. The molecule has 1 heterocycles. The van der Waals surface area contributed by atoms with Crippen molar-refractivity contribution in [3.63, 3.8) is 0 Å². The van der Waals surface area contributed by atoms with Gasteiger partial charge in [0.1, 0.15) is 0 Å². The van der Waals surface area contributed by atoms with E-state index in [0.29, 0.717) is 5.56 Å². The summed E-state index contributed by atoms with van der Waals surface area (Å²) in [4.78, 5) is 37.0. The Balaban J connectivity index is 2.04. The Bertz CT molecular complexity index is 868. The Labute approximate surface area is 158 Å². The number of nitrogens with zero attached hydrogens (tertiary/aromatic N) is 2. The quantitative estimate of drug-likeness (QED) is 0.785. The van der Waals surface area contributed by atoms with E-state index in [0.717, 1.165) is 22.6 Å². The molecule has 0 unspecified atom stereocenters. The van der Waals surface area contributed by atoms with Gasteiger partial charge >= 0.3 is 5.97 Å². The highest BCUT2D eigenvalue weighted by molar-refractivity contribution is 5.93. The molecule has 144 valence electrons. The molecule has 2 aromatic rings. The van der Waals surface area contributed by atoms with Crippen LogP contribution in [-0.4, -0.2) is 54.5 Å². The second kappa shape index (κ2) is 8.53. The third-order valence-electron chi connectivity index (χ3n) is 4.18. The Hall–Kier alpha value is -3.09. The molecule has 0 saturated carbocycles. The van der Waals surface area contributed by atoms with Crippen LogP contribution in [0.5, 0.6) is 0 Å². The van der Waals surface area contributed by atoms with Crippen LogP contribution < -0.4 is 5.32 Å². The van der Waals surface area contributed by atoms with Crippen LogP contribution in [0.1, 0.15) is 27.3 Å². The zero-order valence-electron chi connectivity index (χ0n) is 16.3. The number of ether oxygens (including phenoxy) is 1. The molecule has 1 N–H and O–H groups in total. The average Bonchev–Trinajstić information content (AvgIpc) is 2.91. The Morgan fingerprint density at radius 3 is 2.44 bits per heavy atom. The number of aromatic nitrogens is 1. The molecule has 27 heavy (non-hydrogen) atoms. The van der Waals surface area contributed by atoms with Crippen molar-refractivity contribution in [2.45, 2.75) is 20.8 Å². The van der Waals surface area contributed by atoms with Gasteiger partial charge in [-0.3, -0.25) is 9.59 Å². The molecule has 0 spiro atoms. The zero-order valence-corrected chi connectivity index (χ0v) is 16.3. The second-order valence-corrected chi connectivity index (χ2v) is 6.60. The van der Waals surface area contributed by atoms with E-state index >= 15 is 0 Å². The molecule has 0 bridgehead atoms. The van der Waals surface area contributed by atoms with Crippen LogP contribution in [0.25, 0.3) is 5.69 Å². The molecule has 0 radical (unpaired) electrons. The van der Waals surface area contributed by atoms with Crippen LogP contribution in [0.2, 0.25) is 0 Å². The van der Waals surface area contributed by atoms with Crippen molar-refractivity contribution in [3.8, 4) is 5.69 Å². The van der Waals surface area contributed by atoms with E-state index in [2.05, 4.69) is 5.32 Å². The number of nitrogens with one attached hydrogen (secondary N) is 1. The summed E-state index contributed by atoms with van der Waals surface area (Å²) >= 11 is 0. The SMILES string of the molecule is Cc1cccc(-n2c(C)cc(C(=O)OCC(=O)NCC(=O)N(C)C)c2C)c1. The number of hydrogen-bond acceptors (Lipinski definition) is 4. The normalized spacial score (nSPS) is 10.4. The highest BCUT2D eigenvalue weighted by Crippen LogP contribution is 2.22. The number of likely N-dealkylation sites (N-methyl/N-ethyl adjacent to an activating group) is 1. The predicted octanol–water partition coefficient (Wildman–Crippen LogP) is 1.76. The third kappa shape index (κ3) is 4.97. The van der Waals surface area contributed by atoms with Gasteiger partial charge in [0.2, 0.25) is 5.91 Å². The number of carbonyl (C=O) groups is 3. The fourth-order valence-corrected chi connectivity index (χ4v) is 2.73. The molecule has 1 aromatic heterocycles. The highest BCUT2D eigenvalue weighted by Gasteiger charge is 2.19. The smallest absolute Gasteiger partial charge is 0.340 e. The van der Waals surface area contributed by atoms with Gasteiger partial charge in [0.25, 0.3) is 5.91 Å². The number of esters is 1. The first kappa shape index (κ1) is 20.2. The Morgan fingerprint density at radius 1 is 1.11 bits per heavy atom. The van der Waals surface area contributed by atoms with Gasteiger partial charge < -0.3 is 19.5 Å². The minimum absolute atomic E-state index is 0.134. The first-order valence-electron chi connectivity index (χ1n) is 8.60. The molecule has 0 atom stereocenters. The maximum atomic E-state index is 12.4. The molecule has 0 fully saturated rings. The monoisotopic (exact) mass is 371 g/mol. The van der Waals surface area contributed by atoms with E-state index < -0.39 is 18.5 Å². The van der Waals surface area contributed by atoms with Gasteiger partial charge in [-0.2, -0.15) is 0 Å². The number of aryl methyl sites for hydroxylation is 2. The van der Waals surface area contributed by atoms with Crippen molar-refractivity contribution in [1.82, 2.24) is 14.8 Å². The number of benzene rings is 1. The largest absolute Gasteiger partial charge is 0.452 e. The summed E-state index contributed by atoms with van der Waals surface area (Å²) in [5.74, 6) is -1.33. The van der Waals surface area contributed by atoms with Gasteiger partial charge in [0.15, 0.2) is 6.61 Å². The number of amides is 2. The summed E-state index contributed by atoms with van der Waals surface area (Å²) < 4.78 is 7.07. The summed E-state index contributed by atoms with van der Waals surface area (Å²) in [6.07, 6.45) is 0. The molecule has 7 nitrogen and oxygen atoms in total. The average molecular weight is 371 g/mol. The maximum absolute atomic E-state index is 12.4. The molecular weight excluding hydrogens is 346 g/mol. The number of carbonyl (C=O) groups excluding carboxylic acids is 3. The van der Waals surface area contributed by atoms with Gasteiger partial charge in [-0.1, -0.05) is 12.1 Å². The Morgan fingerprint density at radius 2 is 1.81 bits per heavy atom. The first-order chi connectivity index (χ1) is 12.7. The van der Waals surface area contributed by atoms with Crippen LogP contribution >= 0.6 is 0 Å². The van der Waals surface area contributed by atoms with E-state index in [4.69, 9.17) is 4.74 Å². The summed E-state index contributed by atoms with van der Waals surface area (Å²) in [6.45, 7) is 5.18. The topological polar surface area (TPSA) is 80.6 Å². The predicted molar refractivity (Wildman–Crippen MR) is 102 cm³/mol. The maximum Gasteiger partial charge on any atom is 0.340 e. The summed E-state index contributed by atoms with van der Waals surface area (Å²) in [6, 6.07) is 9.71. The fraction of sp³-hybridized carbons (Fsp3) is 0.350. The Kier molecular flexibility index (Phi) is 6.39. The number of rotatable bonds is 6. The molecule has 1 aromatic carbocycles. The molecule has 0 aliphatic rings. The van der Waals surface area contributed by atoms with Crippen LogP contribution in [0.3, 0.4) is 0 Å². The lowest BCUT2D eigenvalue weighted by atomic mass is 10.2. The van der Waals surface area contributed by atoms with Crippen molar-refractivity contribution in [1.29, 1.82) is 0 Å². The summed E-state index contributed by atoms with van der Waals surface area (Å²) in [5.41, 5.74) is 4.13. The summed E-state index contributed by atoms with van der Waals surface area (Å²) in [5, 5.41) is 2.42. The molecule has 2 amide bonds. The van der Waals surface area contributed by atoms with E-state index in [9.17, 15) is 14.4 Å². The van der Waals surface area contributed by atoms with Gasteiger partial charge in [0, 0.05) is 31.2 Å². The van der Waals surface area contributed by atoms with E-state index in [1.807, 2.05) is 49.6 Å². The summed E-state index contributed by atoms with van der Waals surface area (Å²) in [7, 11) is 3.19. The van der Waals surface area contributed by atoms with E-state index in [1.165, 1.54) is 4.90 Å².